The Labute approximate surface area is 114 Å². The van der Waals surface area contributed by atoms with Gasteiger partial charge in [0.2, 0.25) is 0 Å². The number of rotatable bonds is 4. The molecule has 1 aliphatic rings. The summed E-state index contributed by atoms with van der Waals surface area (Å²) in [6.07, 6.45) is 3.42. The number of aromatic nitrogens is 1. The van der Waals surface area contributed by atoms with Gasteiger partial charge >= 0.3 is 5.97 Å². The quantitative estimate of drug-likeness (QED) is 0.631. The van der Waals surface area contributed by atoms with Crippen molar-refractivity contribution < 1.29 is 14.8 Å². The lowest BCUT2D eigenvalue weighted by Gasteiger charge is -2.26. The number of carbonyl (C=O) groups is 1. The highest BCUT2D eigenvalue weighted by molar-refractivity contribution is 5.83. The number of nitrogens with one attached hydrogen (secondary N) is 1. The first-order valence-corrected chi connectivity index (χ1v) is 6.05. The summed E-state index contributed by atoms with van der Waals surface area (Å²) in [4.78, 5) is 25.2. The molecule has 0 radical (unpaired) electrons. The first-order chi connectivity index (χ1) is 9.48. The molecule has 1 aliphatic carbocycles. The first-order valence-electron chi connectivity index (χ1n) is 6.05. The Hall–Kier alpha value is -2.69. The monoisotopic (exact) mass is 276 g/mol. The third-order valence-corrected chi connectivity index (χ3v) is 3.43. The lowest BCUT2D eigenvalue weighted by Crippen LogP contribution is -2.44. The van der Waals surface area contributed by atoms with Crippen molar-refractivity contribution in [3.05, 3.63) is 27.9 Å². The zero-order chi connectivity index (χ0) is 14.8. The molecule has 0 aromatic carbocycles. The van der Waals surface area contributed by atoms with Crippen LogP contribution in [0.5, 0.6) is 0 Å². The van der Waals surface area contributed by atoms with E-state index >= 15 is 0 Å². The van der Waals surface area contributed by atoms with Crippen LogP contribution in [-0.4, -0.2) is 26.5 Å². The molecule has 0 saturated heterocycles. The molecule has 1 saturated carbocycles. The van der Waals surface area contributed by atoms with E-state index in [0.29, 0.717) is 12.8 Å². The molecule has 8 nitrogen and oxygen atoms in total. The Kier molecular flexibility index (Phi) is 3.52. The molecular weight excluding hydrogens is 264 g/mol. The predicted octanol–water partition coefficient (Wildman–Crippen LogP) is 1.67. The molecule has 20 heavy (non-hydrogen) atoms. The molecule has 1 aromatic rings. The van der Waals surface area contributed by atoms with E-state index in [2.05, 4.69) is 10.3 Å². The minimum atomic E-state index is -1.14. The van der Waals surface area contributed by atoms with E-state index in [1.54, 1.807) is 6.07 Å². The maximum Gasteiger partial charge on any atom is 0.329 e. The number of carboxylic acids is 1. The van der Waals surface area contributed by atoms with Crippen LogP contribution < -0.4 is 5.32 Å². The number of nitriles is 1. The van der Waals surface area contributed by atoms with Crippen molar-refractivity contribution in [2.45, 2.75) is 31.2 Å². The lowest BCUT2D eigenvalue weighted by atomic mass is 9.97. The summed E-state index contributed by atoms with van der Waals surface area (Å²) in [5, 5.41) is 31.8. The summed E-state index contributed by atoms with van der Waals surface area (Å²) in [6, 6.07) is 2.88. The summed E-state index contributed by atoms with van der Waals surface area (Å²) in [6.45, 7) is 0. The topological polar surface area (TPSA) is 129 Å². The van der Waals surface area contributed by atoms with Crippen LogP contribution >= 0.6 is 0 Å². The molecule has 8 heteroatoms. The fourth-order valence-corrected chi connectivity index (χ4v) is 2.34. The third-order valence-electron chi connectivity index (χ3n) is 3.43. The highest BCUT2D eigenvalue weighted by atomic mass is 16.6. The van der Waals surface area contributed by atoms with Gasteiger partial charge in [0.15, 0.2) is 0 Å². The van der Waals surface area contributed by atoms with Crippen LogP contribution in [0.2, 0.25) is 0 Å². The third kappa shape index (κ3) is 2.38. The van der Waals surface area contributed by atoms with E-state index < -0.39 is 16.4 Å². The van der Waals surface area contributed by atoms with Gasteiger partial charge < -0.3 is 10.4 Å². The van der Waals surface area contributed by atoms with Gasteiger partial charge in [-0.25, -0.2) is 9.78 Å². The average Bonchev–Trinajstić information content (AvgIpc) is 2.89. The number of hydrogen-bond donors (Lipinski definition) is 2. The smallest absolute Gasteiger partial charge is 0.329 e. The number of aliphatic carboxylic acids is 1. The summed E-state index contributed by atoms with van der Waals surface area (Å²) < 4.78 is 0. The second kappa shape index (κ2) is 5.13. The molecule has 0 aliphatic heterocycles. The van der Waals surface area contributed by atoms with Crippen molar-refractivity contribution in [2.75, 3.05) is 5.32 Å². The van der Waals surface area contributed by atoms with E-state index in [-0.39, 0.29) is 17.1 Å². The first kappa shape index (κ1) is 13.7. The van der Waals surface area contributed by atoms with Crippen LogP contribution in [0.1, 0.15) is 31.2 Å². The molecule has 1 aromatic heterocycles. The van der Waals surface area contributed by atoms with Crippen LogP contribution in [0, 0.1) is 21.4 Å². The summed E-state index contributed by atoms with van der Waals surface area (Å²) >= 11 is 0. The van der Waals surface area contributed by atoms with E-state index in [1.165, 1.54) is 0 Å². The molecule has 0 atom stereocenters. The fraction of sp³-hybridized carbons (Fsp3) is 0.417. The summed E-state index contributed by atoms with van der Waals surface area (Å²) in [5.74, 6) is -0.929. The van der Waals surface area contributed by atoms with Crippen LogP contribution in [0.3, 0.4) is 0 Å². The Morgan fingerprint density at radius 3 is 2.70 bits per heavy atom. The molecule has 0 spiro atoms. The van der Waals surface area contributed by atoms with Gasteiger partial charge in [-0.2, -0.15) is 5.26 Å². The molecule has 1 fully saturated rings. The fourth-order valence-electron chi connectivity index (χ4n) is 2.34. The van der Waals surface area contributed by atoms with Crippen LogP contribution in [0.25, 0.3) is 0 Å². The highest BCUT2D eigenvalue weighted by Gasteiger charge is 2.42. The number of anilines is 1. The SMILES string of the molecule is N#Cc1cc([N+](=O)[O-])cnc1NC1(C(=O)O)CCCC1. The van der Waals surface area contributed by atoms with Gasteiger partial charge in [-0.3, -0.25) is 10.1 Å². The van der Waals surface area contributed by atoms with Crippen molar-refractivity contribution in [2.24, 2.45) is 0 Å². The van der Waals surface area contributed by atoms with Crippen molar-refractivity contribution >= 4 is 17.5 Å². The van der Waals surface area contributed by atoms with Gasteiger partial charge in [-0.05, 0) is 12.8 Å². The van der Waals surface area contributed by atoms with E-state index in [1.807, 2.05) is 0 Å². The molecule has 2 N–H and O–H groups in total. The van der Waals surface area contributed by atoms with Crippen molar-refractivity contribution in [3.8, 4) is 6.07 Å². The second-order valence-electron chi connectivity index (χ2n) is 4.68. The molecular formula is C12H12N4O4. The van der Waals surface area contributed by atoms with Crippen molar-refractivity contribution in [3.63, 3.8) is 0 Å². The maximum absolute atomic E-state index is 11.4. The average molecular weight is 276 g/mol. The molecule has 0 bridgehead atoms. The minimum Gasteiger partial charge on any atom is -0.480 e. The highest BCUT2D eigenvalue weighted by Crippen LogP contribution is 2.34. The minimum absolute atomic E-state index is 0.0354. The number of pyridine rings is 1. The molecule has 0 unspecified atom stereocenters. The van der Waals surface area contributed by atoms with Gasteiger partial charge in [0, 0.05) is 6.07 Å². The Morgan fingerprint density at radius 2 is 2.20 bits per heavy atom. The molecule has 104 valence electrons. The standard InChI is InChI=1S/C12H12N4O4/c13-6-8-5-9(16(19)20)7-14-10(8)15-12(11(17)18)3-1-2-4-12/h5,7H,1-4H2,(H,14,15)(H,17,18). The number of nitro groups is 1. The number of carboxylic acid groups (broad SMARTS) is 1. The summed E-state index contributed by atoms with van der Waals surface area (Å²) in [5.41, 5.74) is -1.48. The van der Waals surface area contributed by atoms with Crippen LogP contribution in [-0.2, 0) is 4.79 Å². The van der Waals surface area contributed by atoms with Gasteiger partial charge in [0.05, 0.1) is 4.92 Å². The van der Waals surface area contributed by atoms with Crippen LogP contribution in [0.15, 0.2) is 12.3 Å². The van der Waals surface area contributed by atoms with Gasteiger partial charge in [-0.15, -0.1) is 0 Å². The van der Waals surface area contributed by atoms with E-state index in [0.717, 1.165) is 25.1 Å². The second-order valence-corrected chi connectivity index (χ2v) is 4.68. The molecule has 1 heterocycles. The molecule has 2 rings (SSSR count). The zero-order valence-corrected chi connectivity index (χ0v) is 10.5. The van der Waals surface area contributed by atoms with Gasteiger partial charge in [0.25, 0.3) is 5.69 Å². The number of hydrogen-bond acceptors (Lipinski definition) is 6. The lowest BCUT2D eigenvalue weighted by molar-refractivity contribution is -0.385. The van der Waals surface area contributed by atoms with Gasteiger partial charge in [-0.1, -0.05) is 12.8 Å². The number of nitrogens with zero attached hydrogens (tertiary/aromatic N) is 3. The van der Waals surface area contributed by atoms with Crippen LogP contribution in [0.4, 0.5) is 11.5 Å². The van der Waals surface area contributed by atoms with E-state index in [9.17, 15) is 20.0 Å². The normalized spacial score (nSPS) is 16.4. The Balaban J connectivity index is 2.36. The van der Waals surface area contributed by atoms with Crippen molar-refractivity contribution in [1.29, 1.82) is 5.26 Å². The molecule has 0 amide bonds. The Morgan fingerprint density at radius 1 is 1.55 bits per heavy atom. The zero-order valence-electron chi connectivity index (χ0n) is 10.5. The van der Waals surface area contributed by atoms with Gasteiger partial charge in [0.1, 0.15) is 29.2 Å². The maximum atomic E-state index is 11.4. The predicted molar refractivity (Wildman–Crippen MR) is 68.1 cm³/mol. The largest absolute Gasteiger partial charge is 0.480 e. The van der Waals surface area contributed by atoms with Crippen molar-refractivity contribution in [1.82, 2.24) is 4.98 Å². The Bertz CT molecular complexity index is 602. The summed E-state index contributed by atoms with van der Waals surface area (Å²) in [7, 11) is 0. The van der Waals surface area contributed by atoms with E-state index in [4.69, 9.17) is 5.26 Å².